The molecule has 2 amide bonds. The van der Waals surface area contributed by atoms with E-state index in [-0.39, 0.29) is 29.5 Å². The summed E-state index contributed by atoms with van der Waals surface area (Å²) in [5, 5.41) is 10.2. The molecule has 0 bridgehead atoms. The Labute approximate surface area is 219 Å². The lowest BCUT2D eigenvalue weighted by Crippen LogP contribution is -2.63. The topological polar surface area (TPSA) is 123 Å². The Kier molecular flexibility index (Phi) is 6.78. The van der Waals surface area contributed by atoms with Gasteiger partial charge in [0, 0.05) is 36.9 Å². The number of aliphatic hydroxyl groups is 1. The molecule has 10 nitrogen and oxygen atoms in total. The van der Waals surface area contributed by atoms with Gasteiger partial charge in [0.05, 0.1) is 22.9 Å². The van der Waals surface area contributed by atoms with Gasteiger partial charge in [-0.05, 0) is 44.2 Å². The molecule has 0 aromatic carbocycles. The Morgan fingerprint density at radius 1 is 1.14 bits per heavy atom. The minimum absolute atomic E-state index is 0.0659. The van der Waals surface area contributed by atoms with E-state index >= 15 is 0 Å². The number of carbonyl (C=O) groups is 4. The quantitative estimate of drug-likeness (QED) is 0.337. The molecule has 0 spiro atoms. The van der Waals surface area contributed by atoms with Crippen molar-refractivity contribution in [1.82, 2.24) is 9.80 Å². The minimum Gasteiger partial charge on any atom is -0.431 e. The molecule has 1 aromatic rings. The monoisotopic (exact) mass is 532 g/mol. The van der Waals surface area contributed by atoms with E-state index in [0.29, 0.717) is 21.9 Å². The summed E-state index contributed by atoms with van der Waals surface area (Å²) in [6, 6.07) is 1.48. The van der Waals surface area contributed by atoms with Crippen LogP contribution in [0.5, 0.6) is 0 Å². The zero-order valence-corrected chi connectivity index (χ0v) is 22.2. The van der Waals surface area contributed by atoms with E-state index in [4.69, 9.17) is 14.2 Å². The molecule has 1 N–H and O–H groups in total. The van der Waals surface area contributed by atoms with Gasteiger partial charge >= 0.3 is 12.1 Å². The molecule has 4 aliphatic rings. The summed E-state index contributed by atoms with van der Waals surface area (Å²) in [7, 11) is 1.73. The number of nitrogens with zero attached hydrogens (tertiary/aromatic N) is 2. The maximum Gasteiger partial charge on any atom is 0.511 e. The highest BCUT2D eigenvalue weighted by atomic mass is 32.1. The van der Waals surface area contributed by atoms with E-state index in [1.807, 2.05) is 13.0 Å². The van der Waals surface area contributed by atoms with Crippen molar-refractivity contribution in [2.45, 2.75) is 84.0 Å². The van der Waals surface area contributed by atoms with E-state index in [1.165, 1.54) is 23.2 Å². The number of hydrogen-bond acceptors (Lipinski definition) is 9. The fourth-order valence-electron chi connectivity index (χ4n) is 5.96. The number of esters is 1. The van der Waals surface area contributed by atoms with Crippen LogP contribution in [0.2, 0.25) is 0 Å². The van der Waals surface area contributed by atoms with E-state index in [2.05, 4.69) is 0 Å². The minimum atomic E-state index is -1.24. The third-order valence-corrected chi connectivity index (χ3v) is 8.94. The molecule has 37 heavy (non-hydrogen) atoms. The standard InChI is InChI=1S/C26H32N2O8S/c1-12-18(17-10-15-11-27(4)24(31)22(15)37-17)21(28-20(12)19(13(2)29)23(28)30)25(32)34-14(3)35-26(33)36-16-8-6-5-7-9-16/h10,12-14,16,19-20,29H,5-9,11H2,1-4H3/t12-,13+,14?,19+,20+/m0/s1. The first-order chi connectivity index (χ1) is 17.6. The van der Waals surface area contributed by atoms with Crippen molar-refractivity contribution in [2.75, 3.05) is 7.05 Å². The second-order valence-corrected chi connectivity index (χ2v) is 11.4. The maximum atomic E-state index is 13.4. The predicted molar refractivity (Wildman–Crippen MR) is 132 cm³/mol. The molecule has 5 rings (SSSR count). The summed E-state index contributed by atoms with van der Waals surface area (Å²) < 4.78 is 16.0. The largest absolute Gasteiger partial charge is 0.511 e. The molecule has 1 aliphatic carbocycles. The van der Waals surface area contributed by atoms with Crippen LogP contribution in [0.25, 0.3) is 5.57 Å². The van der Waals surface area contributed by atoms with Crippen LogP contribution >= 0.6 is 11.3 Å². The van der Waals surface area contributed by atoms with Crippen molar-refractivity contribution >= 4 is 40.8 Å². The Bertz CT molecular complexity index is 1170. The first-order valence-electron chi connectivity index (χ1n) is 12.8. The van der Waals surface area contributed by atoms with Crippen LogP contribution in [0.1, 0.15) is 73.0 Å². The number of aliphatic hydroxyl groups excluding tert-OH is 1. The van der Waals surface area contributed by atoms with Crippen molar-refractivity contribution < 1.29 is 38.5 Å². The fourth-order valence-corrected chi connectivity index (χ4v) is 7.27. The van der Waals surface area contributed by atoms with Gasteiger partial charge in [-0.1, -0.05) is 13.3 Å². The first kappa shape index (κ1) is 25.7. The Morgan fingerprint density at radius 3 is 2.49 bits per heavy atom. The van der Waals surface area contributed by atoms with Gasteiger partial charge in [0.1, 0.15) is 11.8 Å². The van der Waals surface area contributed by atoms with Crippen LogP contribution < -0.4 is 0 Å². The summed E-state index contributed by atoms with van der Waals surface area (Å²) in [4.78, 5) is 55.5. The number of β-lactam (4-membered cyclic amide) rings is 1. The third-order valence-electron chi connectivity index (χ3n) is 7.74. The number of fused-ring (bicyclic) bond motifs is 2. The van der Waals surface area contributed by atoms with Crippen molar-refractivity contribution in [2.24, 2.45) is 11.8 Å². The first-order valence-corrected chi connectivity index (χ1v) is 13.6. The van der Waals surface area contributed by atoms with Crippen LogP contribution in [-0.2, 0) is 30.3 Å². The molecule has 4 heterocycles. The second kappa shape index (κ2) is 9.75. The van der Waals surface area contributed by atoms with Crippen LogP contribution in [0.3, 0.4) is 0 Å². The molecule has 2 fully saturated rings. The summed E-state index contributed by atoms with van der Waals surface area (Å²) in [5.74, 6) is -2.18. The molecule has 1 saturated carbocycles. The van der Waals surface area contributed by atoms with Crippen LogP contribution in [0, 0.1) is 11.8 Å². The predicted octanol–water partition coefficient (Wildman–Crippen LogP) is 3.28. The van der Waals surface area contributed by atoms with Gasteiger partial charge < -0.3 is 29.1 Å². The molecule has 5 atom stereocenters. The van der Waals surface area contributed by atoms with Gasteiger partial charge in [-0.25, -0.2) is 9.59 Å². The zero-order chi connectivity index (χ0) is 26.6. The van der Waals surface area contributed by atoms with Crippen molar-refractivity contribution in [3.05, 3.63) is 27.1 Å². The smallest absolute Gasteiger partial charge is 0.431 e. The highest BCUT2D eigenvalue weighted by molar-refractivity contribution is 7.15. The lowest BCUT2D eigenvalue weighted by atomic mass is 9.77. The number of carbonyl (C=O) groups excluding carboxylic acids is 4. The number of amides is 2. The van der Waals surface area contributed by atoms with Gasteiger partial charge in [-0.15, -0.1) is 11.3 Å². The fraction of sp³-hybridized carbons (Fsp3) is 0.615. The van der Waals surface area contributed by atoms with Gasteiger partial charge in [-0.2, -0.15) is 0 Å². The van der Waals surface area contributed by atoms with Gasteiger partial charge in [0.25, 0.3) is 5.91 Å². The SMILES string of the molecule is CC(OC(=O)OC1CCCCC1)OC(=O)C1=C(c2cc3c(s2)C(=O)N(C)C3)[C@H](C)[C@@H]2[C@@H]([C@@H](C)O)C(=O)N12. The van der Waals surface area contributed by atoms with E-state index in [0.717, 1.165) is 37.7 Å². The lowest BCUT2D eigenvalue weighted by molar-refractivity contribution is -0.174. The molecule has 11 heteroatoms. The molecular formula is C26H32N2O8S. The highest BCUT2D eigenvalue weighted by Gasteiger charge is 2.60. The number of thiophene rings is 1. The molecule has 0 radical (unpaired) electrons. The molecule has 200 valence electrons. The van der Waals surface area contributed by atoms with E-state index in [1.54, 1.807) is 18.9 Å². The van der Waals surface area contributed by atoms with Gasteiger partial charge in [0.15, 0.2) is 0 Å². The third kappa shape index (κ3) is 4.41. The average molecular weight is 533 g/mol. The number of rotatable bonds is 6. The highest BCUT2D eigenvalue weighted by Crippen LogP contribution is 2.52. The Balaban J connectivity index is 1.38. The molecule has 1 aromatic heterocycles. The van der Waals surface area contributed by atoms with Crippen LogP contribution in [0.15, 0.2) is 11.8 Å². The molecular weight excluding hydrogens is 500 g/mol. The van der Waals surface area contributed by atoms with Gasteiger partial charge in [0.2, 0.25) is 12.2 Å². The number of ether oxygens (including phenoxy) is 3. The number of hydrogen-bond donors (Lipinski definition) is 1. The van der Waals surface area contributed by atoms with Crippen molar-refractivity contribution in [1.29, 1.82) is 0 Å². The van der Waals surface area contributed by atoms with Crippen molar-refractivity contribution in [3.63, 3.8) is 0 Å². The lowest BCUT2D eigenvalue weighted by Gasteiger charge is -2.46. The molecule has 1 saturated heterocycles. The second-order valence-electron chi connectivity index (χ2n) is 10.4. The summed E-state index contributed by atoms with van der Waals surface area (Å²) in [5.41, 5.74) is 1.53. The molecule has 1 unspecified atom stereocenters. The summed E-state index contributed by atoms with van der Waals surface area (Å²) >= 11 is 1.28. The van der Waals surface area contributed by atoms with E-state index in [9.17, 15) is 24.3 Å². The zero-order valence-electron chi connectivity index (χ0n) is 21.4. The van der Waals surface area contributed by atoms with Crippen LogP contribution in [0.4, 0.5) is 4.79 Å². The van der Waals surface area contributed by atoms with Crippen LogP contribution in [-0.4, -0.2) is 70.4 Å². The maximum absolute atomic E-state index is 13.4. The normalized spacial score (nSPS) is 27.0. The van der Waals surface area contributed by atoms with E-state index < -0.39 is 36.5 Å². The molecule has 3 aliphatic heterocycles. The average Bonchev–Trinajstić information content (AvgIpc) is 3.43. The van der Waals surface area contributed by atoms with Crippen molar-refractivity contribution in [3.8, 4) is 0 Å². The Hall–Kier alpha value is -2.92. The van der Waals surface area contributed by atoms with Gasteiger partial charge in [-0.3, -0.25) is 9.59 Å². The summed E-state index contributed by atoms with van der Waals surface area (Å²) in [6.07, 6.45) is 1.44. The Morgan fingerprint density at radius 2 is 1.84 bits per heavy atom. The summed E-state index contributed by atoms with van der Waals surface area (Å²) in [6.45, 7) is 5.35.